The summed E-state index contributed by atoms with van der Waals surface area (Å²) in [6.07, 6.45) is 8.89. The number of carbonyl (C=O) groups excluding carboxylic acids is 1. The molecule has 0 saturated carbocycles. The summed E-state index contributed by atoms with van der Waals surface area (Å²) in [6.45, 7) is 2.55. The first-order valence-electron chi connectivity index (χ1n) is 8.24. The van der Waals surface area contributed by atoms with Gasteiger partial charge in [-0.15, -0.1) is 0 Å². The molecule has 1 atom stereocenters. The summed E-state index contributed by atoms with van der Waals surface area (Å²) < 4.78 is 5.80. The van der Waals surface area contributed by atoms with E-state index >= 15 is 0 Å². The quantitative estimate of drug-likeness (QED) is 0.800. The van der Waals surface area contributed by atoms with Crippen LogP contribution in [0.3, 0.4) is 0 Å². The van der Waals surface area contributed by atoms with Crippen molar-refractivity contribution in [3.8, 4) is 0 Å². The Labute approximate surface area is 139 Å². The molecule has 3 heterocycles. The first-order chi connectivity index (χ1) is 11.8. The van der Waals surface area contributed by atoms with E-state index in [9.17, 15) is 4.79 Å². The lowest BCUT2D eigenvalue weighted by atomic mass is 10.1. The predicted molar refractivity (Wildman–Crippen MR) is 88.5 cm³/mol. The predicted octanol–water partition coefficient (Wildman–Crippen LogP) is 0.640. The summed E-state index contributed by atoms with van der Waals surface area (Å²) >= 11 is 0. The molecule has 24 heavy (non-hydrogen) atoms. The number of rotatable bonds is 4. The van der Waals surface area contributed by atoms with E-state index in [0.29, 0.717) is 25.3 Å². The van der Waals surface area contributed by atoms with Crippen molar-refractivity contribution in [3.05, 3.63) is 24.8 Å². The monoisotopic (exact) mass is 328 g/mol. The standard InChI is InChI=1S/C16H20N6O2/c23-16(11-3-1-2-4-11)17-7-12-8-22(5-6-24-12)15-13-14(19-9-18-13)20-10-21-15/h1-2,9-12H,3-8H2,(H,17,23)(H,18,19,20,21). The maximum absolute atomic E-state index is 12.1. The van der Waals surface area contributed by atoms with Crippen molar-refractivity contribution < 1.29 is 9.53 Å². The van der Waals surface area contributed by atoms with Crippen molar-refractivity contribution in [3.63, 3.8) is 0 Å². The number of fused-ring (bicyclic) bond motifs is 1. The number of amides is 1. The van der Waals surface area contributed by atoms with Gasteiger partial charge in [0.25, 0.3) is 0 Å². The van der Waals surface area contributed by atoms with Crippen LogP contribution in [0.5, 0.6) is 0 Å². The van der Waals surface area contributed by atoms with E-state index in [4.69, 9.17) is 4.74 Å². The van der Waals surface area contributed by atoms with Crippen LogP contribution in [0.4, 0.5) is 5.82 Å². The summed E-state index contributed by atoms with van der Waals surface area (Å²) in [6, 6.07) is 0. The number of hydrogen-bond donors (Lipinski definition) is 2. The third kappa shape index (κ3) is 2.96. The summed E-state index contributed by atoms with van der Waals surface area (Å²) in [5, 5.41) is 3.01. The van der Waals surface area contributed by atoms with Gasteiger partial charge in [0, 0.05) is 25.6 Å². The third-order valence-corrected chi connectivity index (χ3v) is 4.52. The number of aromatic nitrogens is 4. The van der Waals surface area contributed by atoms with Gasteiger partial charge in [0.2, 0.25) is 5.91 Å². The average molecular weight is 328 g/mol. The van der Waals surface area contributed by atoms with Crippen LogP contribution in [0.2, 0.25) is 0 Å². The number of nitrogens with one attached hydrogen (secondary N) is 2. The lowest BCUT2D eigenvalue weighted by Crippen LogP contribution is -2.48. The van der Waals surface area contributed by atoms with Crippen LogP contribution in [-0.4, -0.2) is 58.2 Å². The maximum atomic E-state index is 12.1. The van der Waals surface area contributed by atoms with Crippen molar-refractivity contribution in [1.82, 2.24) is 25.3 Å². The maximum Gasteiger partial charge on any atom is 0.223 e. The molecule has 1 aliphatic carbocycles. The van der Waals surface area contributed by atoms with Gasteiger partial charge in [-0.05, 0) is 12.8 Å². The molecule has 2 aromatic rings. The van der Waals surface area contributed by atoms with E-state index in [1.54, 1.807) is 6.33 Å². The van der Waals surface area contributed by atoms with Gasteiger partial charge in [-0.3, -0.25) is 4.79 Å². The van der Waals surface area contributed by atoms with E-state index in [0.717, 1.165) is 30.7 Å². The van der Waals surface area contributed by atoms with Crippen LogP contribution >= 0.6 is 0 Å². The van der Waals surface area contributed by atoms with Gasteiger partial charge in [-0.1, -0.05) is 12.2 Å². The number of morpholine rings is 1. The van der Waals surface area contributed by atoms with Gasteiger partial charge in [0.1, 0.15) is 11.8 Å². The molecular weight excluding hydrogens is 308 g/mol. The Morgan fingerprint density at radius 3 is 3.08 bits per heavy atom. The molecule has 1 fully saturated rings. The number of anilines is 1. The van der Waals surface area contributed by atoms with E-state index in [2.05, 4.69) is 42.3 Å². The molecule has 0 radical (unpaired) electrons. The van der Waals surface area contributed by atoms with Gasteiger partial charge >= 0.3 is 0 Å². The highest BCUT2D eigenvalue weighted by Crippen LogP contribution is 2.22. The van der Waals surface area contributed by atoms with Crippen molar-refractivity contribution in [2.45, 2.75) is 18.9 Å². The minimum atomic E-state index is -0.0509. The number of nitrogens with zero attached hydrogens (tertiary/aromatic N) is 4. The minimum Gasteiger partial charge on any atom is -0.373 e. The van der Waals surface area contributed by atoms with Crippen molar-refractivity contribution >= 4 is 22.9 Å². The molecule has 0 aromatic carbocycles. The second-order valence-corrected chi connectivity index (χ2v) is 6.12. The SMILES string of the molecule is O=C(NCC1CN(c2ncnc3nc[nH]c23)CCO1)C1CC=CC1. The Kier molecular flexibility index (Phi) is 4.12. The molecule has 126 valence electrons. The van der Waals surface area contributed by atoms with Gasteiger partial charge in [0.15, 0.2) is 11.5 Å². The number of imidazole rings is 1. The number of allylic oxidation sites excluding steroid dienone is 2. The van der Waals surface area contributed by atoms with E-state index in [-0.39, 0.29) is 17.9 Å². The van der Waals surface area contributed by atoms with Crippen LogP contribution in [0.25, 0.3) is 11.2 Å². The fraction of sp³-hybridized carbons (Fsp3) is 0.500. The number of aromatic amines is 1. The van der Waals surface area contributed by atoms with E-state index in [1.165, 1.54) is 6.33 Å². The number of ether oxygens (including phenoxy) is 1. The Balaban J connectivity index is 1.39. The van der Waals surface area contributed by atoms with Gasteiger partial charge in [-0.2, -0.15) is 0 Å². The van der Waals surface area contributed by atoms with E-state index < -0.39 is 0 Å². The Bertz CT molecular complexity index is 750. The fourth-order valence-electron chi connectivity index (χ4n) is 3.22. The molecule has 1 unspecified atom stereocenters. The second-order valence-electron chi connectivity index (χ2n) is 6.12. The van der Waals surface area contributed by atoms with Crippen LogP contribution in [0, 0.1) is 5.92 Å². The summed E-state index contributed by atoms with van der Waals surface area (Å²) in [5.41, 5.74) is 1.49. The normalized spacial score (nSPS) is 21.5. The van der Waals surface area contributed by atoms with E-state index in [1.807, 2.05) is 0 Å². The smallest absolute Gasteiger partial charge is 0.223 e. The first kappa shape index (κ1) is 15.1. The number of carbonyl (C=O) groups is 1. The lowest BCUT2D eigenvalue weighted by molar-refractivity contribution is -0.125. The largest absolute Gasteiger partial charge is 0.373 e. The minimum absolute atomic E-state index is 0.0509. The highest BCUT2D eigenvalue weighted by Gasteiger charge is 2.25. The lowest BCUT2D eigenvalue weighted by Gasteiger charge is -2.34. The van der Waals surface area contributed by atoms with Crippen molar-refractivity contribution in [2.24, 2.45) is 5.92 Å². The zero-order chi connectivity index (χ0) is 16.4. The molecule has 0 spiro atoms. The molecule has 2 N–H and O–H groups in total. The summed E-state index contributed by atoms with van der Waals surface area (Å²) in [4.78, 5) is 30.1. The van der Waals surface area contributed by atoms with Gasteiger partial charge in [-0.25, -0.2) is 15.0 Å². The highest BCUT2D eigenvalue weighted by atomic mass is 16.5. The second kappa shape index (κ2) is 6.56. The molecule has 1 saturated heterocycles. The summed E-state index contributed by atoms with van der Waals surface area (Å²) in [5.74, 6) is 1.02. The Morgan fingerprint density at radius 1 is 1.33 bits per heavy atom. The van der Waals surface area contributed by atoms with Crippen LogP contribution < -0.4 is 10.2 Å². The Hall–Kier alpha value is -2.48. The molecule has 2 aromatic heterocycles. The zero-order valence-electron chi connectivity index (χ0n) is 13.3. The number of hydrogen-bond acceptors (Lipinski definition) is 6. The Morgan fingerprint density at radius 2 is 2.21 bits per heavy atom. The van der Waals surface area contributed by atoms with Crippen molar-refractivity contribution in [2.75, 3.05) is 31.1 Å². The molecule has 1 amide bonds. The molecular formula is C16H20N6O2. The van der Waals surface area contributed by atoms with Crippen LogP contribution in [0.15, 0.2) is 24.8 Å². The zero-order valence-corrected chi connectivity index (χ0v) is 13.3. The number of H-pyrrole nitrogens is 1. The first-order valence-corrected chi connectivity index (χ1v) is 8.24. The molecule has 8 heteroatoms. The molecule has 0 bridgehead atoms. The molecule has 4 rings (SSSR count). The fourth-order valence-corrected chi connectivity index (χ4v) is 3.22. The topological polar surface area (TPSA) is 96.0 Å². The molecule has 8 nitrogen and oxygen atoms in total. The van der Waals surface area contributed by atoms with Crippen molar-refractivity contribution in [1.29, 1.82) is 0 Å². The highest BCUT2D eigenvalue weighted by molar-refractivity contribution is 5.82. The average Bonchev–Trinajstić information content (AvgIpc) is 3.30. The third-order valence-electron chi connectivity index (χ3n) is 4.52. The molecule has 1 aliphatic heterocycles. The summed E-state index contributed by atoms with van der Waals surface area (Å²) in [7, 11) is 0. The molecule has 2 aliphatic rings. The van der Waals surface area contributed by atoms with Crippen LogP contribution in [-0.2, 0) is 9.53 Å². The van der Waals surface area contributed by atoms with Gasteiger partial charge in [0.05, 0.1) is 19.0 Å². The van der Waals surface area contributed by atoms with Gasteiger partial charge < -0.3 is 19.9 Å². The van der Waals surface area contributed by atoms with Crippen LogP contribution in [0.1, 0.15) is 12.8 Å².